The van der Waals surface area contributed by atoms with E-state index in [-0.39, 0.29) is 6.10 Å². The number of aliphatic carboxylic acids is 2. The standard InChI is InChI=1S/C20H20ClN7O.2C2HF3O2/c21-15-8-12(3-6-23-19-17-20(25-10-24-17)27-11-26-19)18(28-7-4-13(29)9-28)16-14(15)2-1-5-22-16;2*3-2(4,5)1(6)7/h1-2,5,8,10-11,13,29H,3-4,6-7,9H2,(H2,23,24,25,26,27);2*(H,6,7)/t13-;;/m1../s1. The van der Waals surface area contributed by atoms with Gasteiger partial charge >= 0.3 is 24.3 Å². The molecule has 43 heavy (non-hydrogen) atoms. The third-order valence-corrected chi connectivity index (χ3v) is 6.08. The molecule has 1 saturated heterocycles. The highest BCUT2D eigenvalue weighted by Gasteiger charge is 2.38. The predicted molar refractivity (Wildman–Crippen MR) is 141 cm³/mol. The van der Waals surface area contributed by atoms with Gasteiger partial charge in [-0.05, 0) is 36.6 Å². The van der Waals surface area contributed by atoms with Gasteiger partial charge in [0.25, 0.3) is 0 Å². The summed E-state index contributed by atoms with van der Waals surface area (Å²) in [6.45, 7) is 2.06. The molecule has 1 atom stereocenters. The third-order valence-electron chi connectivity index (χ3n) is 5.77. The van der Waals surface area contributed by atoms with Gasteiger partial charge in [0.1, 0.15) is 11.8 Å². The number of nitrogens with zero attached hydrogens (tertiary/aromatic N) is 5. The highest BCUT2D eigenvalue weighted by atomic mass is 35.5. The largest absolute Gasteiger partial charge is 0.490 e. The number of carboxylic acid groups (broad SMARTS) is 2. The minimum atomic E-state index is -5.08. The van der Waals surface area contributed by atoms with Crippen molar-refractivity contribution in [3.8, 4) is 0 Å². The number of benzene rings is 1. The number of anilines is 2. The molecule has 4 heterocycles. The van der Waals surface area contributed by atoms with E-state index in [1.165, 1.54) is 6.33 Å². The zero-order valence-corrected chi connectivity index (χ0v) is 22.4. The molecule has 0 aliphatic carbocycles. The van der Waals surface area contributed by atoms with E-state index in [9.17, 15) is 31.4 Å². The Balaban J connectivity index is 0.000000303. The molecule has 12 nitrogen and oxygen atoms in total. The average molecular weight is 638 g/mol. The zero-order chi connectivity index (χ0) is 31.9. The van der Waals surface area contributed by atoms with Crippen LogP contribution in [0.15, 0.2) is 37.1 Å². The SMILES string of the molecule is O=C(O)C(F)(F)F.O=C(O)C(F)(F)F.O[C@@H]1CCN(c2c(CCNc3ncnc4nc[nH]c34)cc(Cl)c3cccnc23)C1. The molecule has 1 aliphatic rings. The van der Waals surface area contributed by atoms with Gasteiger partial charge < -0.3 is 30.5 Å². The van der Waals surface area contributed by atoms with E-state index in [4.69, 9.17) is 31.4 Å². The van der Waals surface area contributed by atoms with Crippen molar-refractivity contribution >= 4 is 57.1 Å². The number of alkyl halides is 6. The van der Waals surface area contributed by atoms with Crippen LogP contribution >= 0.6 is 11.6 Å². The van der Waals surface area contributed by atoms with Gasteiger partial charge in [-0.1, -0.05) is 11.6 Å². The topological polar surface area (TPSA) is 177 Å². The van der Waals surface area contributed by atoms with Crippen molar-refractivity contribution < 1.29 is 51.3 Å². The molecule has 0 unspecified atom stereocenters. The van der Waals surface area contributed by atoms with Crippen LogP contribution in [-0.2, 0) is 16.0 Å². The molecule has 232 valence electrons. The lowest BCUT2D eigenvalue weighted by atomic mass is 10.0. The van der Waals surface area contributed by atoms with E-state index in [2.05, 4.69) is 35.1 Å². The number of nitrogens with one attached hydrogen (secondary N) is 2. The van der Waals surface area contributed by atoms with Crippen molar-refractivity contribution in [1.29, 1.82) is 0 Å². The second-order valence-electron chi connectivity index (χ2n) is 8.76. The van der Waals surface area contributed by atoms with Crippen molar-refractivity contribution in [1.82, 2.24) is 24.9 Å². The third kappa shape index (κ3) is 8.77. The minimum absolute atomic E-state index is 0.315. The number of aliphatic hydroxyl groups is 1. The number of H-pyrrole nitrogens is 1. The maximum absolute atomic E-state index is 10.6. The lowest BCUT2D eigenvalue weighted by molar-refractivity contribution is -0.193. The maximum Gasteiger partial charge on any atom is 0.490 e. The molecule has 0 spiro atoms. The number of aromatic nitrogens is 5. The molecule has 5 rings (SSSR count). The summed E-state index contributed by atoms with van der Waals surface area (Å²) in [5.41, 5.74) is 4.44. The van der Waals surface area contributed by atoms with Crippen molar-refractivity contribution in [3.63, 3.8) is 0 Å². The number of hydrogen-bond donors (Lipinski definition) is 5. The van der Waals surface area contributed by atoms with Gasteiger partial charge in [0, 0.05) is 31.2 Å². The van der Waals surface area contributed by atoms with Crippen molar-refractivity contribution in [3.05, 3.63) is 47.6 Å². The minimum Gasteiger partial charge on any atom is -0.475 e. The van der Waals surface area contributed by atoms with Gasteiger partial charge in [0.05, 0.1) is 28.7 Å². The van der Waals surface area contributed by atoms with E-state index in [1.54, 1.807) is 12.5 Å². The van der Waals surface area contributed by atoms with Crippen LogP contribution in [0.5, 0.6) is 0 Å². The van der Waals surface area contributed by atoms with Gasteiger partial charge in [0.2, 0.25) is 0 Å². The number of halogens is 7. The quantitative estimate of drug-likeness (QED) is 0.200. The van der Waals surface area contributed by atoms with Crippen molar-refractivity contribution in [2.24, 2.45) is 0 Å². The molecule has 3 aromatic heterocycles. The van der Waals surface area contributed by atoms with Crippen molar-refractivity contribution in [2.45, 2.75) is 31.3 Å². The summed E-state index contributed by atoms with van der Waals surface area (Å²) in [6.07, 6.45) is -4.10. The molecule has 5 N–H and O–H groups in total. The molecule has 0 radical (unpaired) electrons. The summed E-state index contributed by atoms with van der Waals surface area (Å²) in [5.74, 6) is -4.80. The highest BCUT2D eigenvalue weighted by Crippen LogP contribution is 2.36. The summed E-state index contributed by atoms with van der Waals surface area (Å²) in [4.78, 5) is 40.3. The summed E-state index contributed by atoms with van der Waals surface area (Å²) in [5, 5.41) is 29.3. The Kier molecular flexibility index (Phi) is 10.5. The van der Waals surface area contributed by atoms with Gasteiger partial charge in [0.15, 0.2) is 11.5 Å². The van der Waals surface area contributed by atoms with E-state index >= 15 is 0 Å². The Morgan fingerprint density at radius 1 is 1.07 bits per heavy atom. The number of pyridine rings is 1. The summed E-state index contributed by atoms with van der Waals surface area (Å²) >= 11 is 6.57. The number of hydrogen-bond acceptors (Lipinski definition) is 9. The average Bonchev–Trinajstić information content (AvgIpc) is 3.58. The second-order valence-corrected chi connectivity index (χ2v) is 9.17. The van der Waals surface area contributed by atoms with Crippen LogP contribution < -0.4 is 10.2 Å². The Morgan fingerprint density at radius 2 is 1.72 bits per heavy atom. The molecule has 4 aromatic rings. The molecule has 19 heteroatoms. The number of aliphatic hydroxyl groups excluding tert-OH is 1. The van der Waals surface area contributed by atoms with Crippen molar-refractivity contribution in [2.75, 3.05) is 29.9 Å². The Hall–Kier alpha value is -4.45. The molecule has 0 bridgehead atoms. The van der Waals surface area contributed by atoms with Gasteiger partial charge in [-0.25, -0.2) is 24.5 Å². The first-order valence-corrected chi connectivity index (χ1v) is 12.4. The lowest BCUT2D eigenvalue weighted by Crippen LogP contribution is -2.23. The van der Waals surface area contributed by atoms with Gasteiger partial charge in [-0.15, -0.1) is 0 Å². The van der Waals surface area contributed by atoms with Crippen LogP contribution in [0.4, 0.5) is 37.8 Å². The molecule has 1 aliphatic heterocycles. The second kappa shape index (κ2) is 13.7. The molecule has 1 aromatic carbocycles. The summed E-state index contributed by atoms with van der Waals surface area (Å²) in [6, 6.07) is 5.89. The van der Waals surface area contributed by atoms with Crippen LogP contribution in [0.2, 0.25) is 5.02 Å². The van der Waals surface area contributed by atoms with E-state index in [1.807, 2.05) is 18.2 Å². The van der Waals surface area contributed by atoms with Gasteiger partial charge in [-0.2, -0.15) is 26.3 Å². The van der Waals surface area contributed by atoms with Crippen LogP contribution in [-0.4, -0.2) is 90.3 Å². The first kappa shape index (κ1) is 33.1. The number of carboxylic acids is 2. The highest BCUT2D eigenvalue weighted by molar-refractivity contribution is 6.36. The van der Waals surface area contributed by atoms with Crippen LogP contribution in [0, 0.1) is 0 Å². The van der Waals surface area contributed by atoms with E-state index in [0.29, 0.717) is 23.8 Å². The number of aromatic amines is 1. The predicted octanol–water partition coefficient (Wildman–Crippen LogP) is 4.05. The van der Waals surface area contributed by atoms with Crippen LogP contribution in [0.1, 0.15) is 12.0 Å². The summed E-state index contributed by atoms with van der Waals surface area (Å²) < 4.78 is 63.5. The fourth-order valence-electron chi connectivity index (χ4n) is 3.94. The normalized spacial score (nSPS) is 15.0. The fraction of sp³-hybridized carbons (Fsp3) is 0.333. The lowest BCUT2D eigenvalue weighted by Gasteiger charge is -2.24. The molecule has 0 saturated carbocycles. The van der Waals surface area contributed by atoms with Gasteiger partial charge in [-0.3, -0.25) is 4.98 Å². The molecular weight excluding hydrogens is 616 g/mol. The Bertz CT molecular complexity index is 1560. The summed E-state index contributed by atoms with van der Waals surface area (Å²) in [7, 11) is 0. The number of carbonyl (C=O) groups is 2. The van der Waals surface area contributed by atoms with E-state index < -0.39 is 24.3 Å². The first-order valence-electron chi connectivity index (χ1n) is 12.1. The number of imidazole rings is 1. The van der Waals surface area contributed by atoms with E-state index in [0.717, 1.165) is 52.9 Å². The van der Waals surface area contributed by atoms with Crippen LogP contribution in [0.3, 0.4) is 0 Å². The Labute approximate surface area is 242 Å². The van der Waals surface area contributed by atoms with Crippen LogP contribution in [0.25, 0.3) is 22.1 Å². The zero-order valence-electron chi connectivity index (χ0n) is 21.6. The fourth-order valence-corrected chi connectivity index (χ4v) is 4.23. The monoisotopic (exact) mass is 637 g/mol. The maximum atomic E-state index is 10.6. The molecule has 1 fully saturated rings. The number of rotatable bonds is 5. The number of fused-ring (bicyclic) bond motifs is 2. The smallest absolute Gasteiger partial charge is 0.475 e. The molecule has 0 amide bonds. The Morgan fingerprint density at radius 3 is 2.30 bits per heavy atom. The number of β-amino-alcohol motifs (C(OH)–C–C–N with tert-alkyl or cyclic N) is 1. The molecular formula is C24H22ClF6N7O5. The first-order chi connectivity index (χ1) is 20.1.